The fourth-order valence-corrected chi connectivity index (χ4v) is 3.23. The van der Waals surface area contributed by atoms with Gasteiger partial charge in [0.2, 0.25) is 0 Å². The fraction of sp³-hybridized carbons (Fsp3) is 0.533. The average Bonchev–Trinajstić information content (AvgIpc) is 2.75. The van der Waals surface area contributed by atoms with Crippen molar-refractivity contribution in [1.82, 2.24) is 9.97 Å². The second-order valence-corrected chi connectivity index (χ2v) is 6.31. The number of rotatable bonds is 6. The number of carbonyl (C=O) groups is 1. The summed E-state index contributed by atoms with van der Waals surface area (Å²) in [6.07, 6.45) is 0.475. The first-order chi connectivity index (χ1) is 10.4. The minimum atomic E-state index is -0.325. The average molecular weight is 323 g/mol. The predicted molar refractivity (Wildman–Crippen MR) is 87.6 cm³/mol. The van der Waals surface area contributed by atoms with E-state index in [0.717, 1.165) is 15.8 Å². The summed E-state index contributed by atoms with van der Waals surface area (Å²) < 4.78 is 5.29. The zero-order chi connectivity index (χ0) is 16.3. The third-order valence-electron chi connectivity index (χ3n) is 3.06. The maximum absolute atomic E-state index is 12.2. The van der Waals surface area contributed by atoms with Crippen LogP contribution < -0.4 is 5.32 Å². The van der Waals surface area contributed by atoms with Crippen LogP contribution in [0.4, 0.5) is 5.82 Å². The number of fused-ring (bicyclic) bond motifs is 1. The smallest absolute Gasteiger partial charge is 0.348 e. The first kappa shape index (κ1) is 16.6. The largest absolute Gasteiger partial charge is 0.459 e. The molecule has 0 aromatic carbocycles. The number of thiophene rings is 1. The van der Waals surface area contributed by atoms with Gasteiger partial charge in [0.25, 0.3) is 0 Å². The highest BCUT2D eigenvalue weighted by Crippen LogP contribution is 2.34. The van der Waals surface area contributed by atoms with Crippen molar-refractivity contribution in [2.75, 3.05) is 18.5 Å². The van der Waals surface area contributed by atoms with E-state index in [2.05, 4.69) is 15.3 Å². The van der Waals surface area contributed by atoms with Crippen molar-refractivity contribution < 1.29 is 14.6 Å². The molecule has 2 rings (SSSR count). The van der Waals surface area contributed by atoms with Crippen LogP contribution in [-0.4, -0.2) is 40.3 Å². The van der Waals surface area contributed by atoms with E-state index in [9.17, 15) is 4.79 Å². The van der Waals surface area contributed by atoms with Crippen molar-refractivity contribution in [1.29, 1.82) is 0 Å². The van der Waals surface area contributed by atoms with Crippen LogP contribution in [0, 0.1) is 13.8 Å². The van der Waals surface area contributed by atoms with Gasteiger partial charge in [-0.05, 0) is 39.7 Å². The number of ether oxygens (including phenoxy) is 1. The molecule has 0 unspecified atom stereocenters. The molecule has 0 spiro atoms. The number of nitrogens with zero attached hydrogens (tertiary/aromatic N) is 2. The first-order valence-electron chi connectivity index (χ1n) is 7.27. The van der Waals surface area contributed by atoms with Crippen LogP contribution in [0.2, 0.25) is 0 Å². The Kier molecular flexibility index (Phi) is 5.31. The summed E-state index contributed by atoms with van der Waals surface area (Å²) in [6.45, 7) is 8.08. The molecule has 2 aromatic heterocycles. The lowest BCUT2D eigenvalue weighted by Gasteiger charge is -2.08. The maximum atomic E-state index is 12.2. The second-order valence-electron chi connectivity index (χ2n) is 5.31. The van der Waals surface area contributed by atoms with E-state index in [1.165, 1.54) is 11.3 Å². The third-order valence-corrected chi connectivity index (χ3v) is 4.22. The number of aliphatic hydroxyl groups excluding tert-OH is 1. The van der Waals surface area contributed by atoms with Crippen LogP contribution in [0.1, 0.15) is 41.3 Å². The summed E-state index contributed by atoms with van der Waals surface area (Å²) in [5.41, 5.74) is 0.831. The molecular weight excluding hydrogens is 302 g/mol. The summed E-state index contributed by atoms with van der Waals surface area (Å²) in [5, 5.41) is 13.0. The molecule has 2 heterocycles. The lowest BCUT2D eigenvalue weighted by Crippen LogP contribution is -2.11. The molecular formula is C15H21N3O3S. The van der Waals surface area contributed by atoms with Gasteiger partial charge in [0.05, 0.1) is 11.5 Å². The van der Waals surface area contributed by atoms with Crippen molar-refractivity contribution in [2.24, 2.45) is 0 Å². The van der Waals surface area contributed by atoms with Crippen molar-refractivity contribution in [3.8, 4) is 0 Å². The van der Waals surface area contributed by atoms with Crippen molar-refractivity contribution in [2.45, 2.75) is 40.2 Å². The van der Waals surface area contributed by atoms with E-state index < -0.39 is 0 Å². The number of aromatic nitrogens is 2. The van der Waals surface area contributed by atoms with Crippen molar-refractivity contribution in [3.63, 3.8) is 0 Å². The minimum absolute atomic E-state index is 0.120. The van der Waals surface area contributed by atoms with Gasteiger partial charge < -0.3 is 15.2 Å². The highest BCUT2D eigenvalue weighted by atomic mass is 32.1. The van der Waals surface area contributed by atoms with Crippen LogP contribution in [0.15, 0.2) is 0 Å². The molecule has 7 heteroatoms. The minimum Gasteiger partial charge on any atom is -0.459 e. The molecule has 0 fully saturated rings. The van der Waals surface area contributed by atoms with Gasteiger partial charge in [0, 0.05) is 13.2 Å². The molecule has 22 heavy (non-hydrogen) atoms. The Labute approximate surface area is 133 Å². The summed E-state index contributed by atoms with van der Waals surface area (Å²) in [5.74, 6) is 1.02. The lowest BCUT2D eigenvalue weighted by atomic mass is 10.2. The third kappa shape index (κ3) is 3.53. The van der Waals surface area contributed by atoms with Gasteiger partial charge in [0.1, 0.15) is 21.3 Å². The number of hydrogen-bond acceptors (Lipinski definition) is 7. The van der Waals surface area contributed by atoms with E-state index in [-0.39, 0.29) is 18.7 Å². The van der Waals surface area contributed by atoms with Gasteiger partial charge >= 0.3 is 5.97 Å². The van der Waals surface area contributed by atoms with E-state index in [0.29, 0.717) is 29.5 Å². The molecule has 2 N–H and O–H groups in total. The zero-order valence-electron chi connectivity index (χ0n) is 13.3. The summed E-state index contributed by atoms with van der Waals surface area (Å²) >= 11 is 1.33. The fourth-order valence-electron chi connectivity index (χ4n) is 2.12. The van der Waals surface area contributed by atoms with Gasteiger partial charge in [-0.3, -0.25) is 0 Å². The normalized spacial score (nSPS) is 11.2. The first-order valence-corrected chi connectivity index (χ1v) is 8.09. The Morgan fingerprint density at radius 1 is 1.36 bits per heavy atom. The number of anilines is 1. The van der Waals surface area contributed by atoms with Crippen LogP contribution in [-0.2, 0) is 4.74 Å². The van der Waals surface area contributed by atoms with Crippen molar-refractivity contribution >= 4 is 33.3 Å². The monoisotopic (exact) mass is 323 g/mol. The highest BCUT2D eigenvalue weighted by molar-refractivity contribution is 7.20. The molecule has 0 saturated carbocycles. The van der Waals surface area contributed by atoms with Gasteiger partial charge in [-0.2, -0.15) is 0 Å². The Hall–Kier alpha value is -1.73. The molecule has 6 nitrogen and oxygen atoms in total. The van der Waals surface area contributed by atoms with Gasteiger partial charge in [0.15, 0.2) is 0 Å². The number of esters is 1. The standard InChI is InChI=1S/C15H21N3O3S/c1-8(2)21-15(20)12-9(3)11-13(16-6-5-7-19)17-10(4)18-14(11)22-12/h8,19H,5-7H2,1-4H3,(H,16,17,18). The van der Waals surface area contributed by atoms with Crippen LogP contribution >= 0.6 is 11.3 Å². The van der Waals surface area contributed by atoms with Gasteiger partial charge in [-0.15, -0.1) is 11.3 Å². The number of hydrogen-bond donors (Lipinski definition) is 2. The molecule has 2 aromatic rings. The zero-order valence-corrected chi connectivity index (χ0v) is 14.1. The van der Waals surface area contributed by atoms with Gasteiger partial charge in [-0.1, -0.05) is 0 Å². The Morgan fingerprint density at radius 3 is 2.73 bits per heavy atom. The Morgan fingerprint density at radius 2 is 2.09 bits per heavy atom. The molecule has 0 bridgehead atoms. The summed E-state index contributed by atoms with van der Waals surface area (Å²) in [4.78, 5) is 22.4. The van der Waals surface area contributed by atoms with E-state index in [1.807, 2.05) is 27.7 Å². The number of aliphatic hydroxyl groups is 1. The topological polar surface area (TPSA) is 84.3 Å². The molecule has 0 radical (unpaired) electrons. The second kappa shape index (κ2) is 7.02. The molecule has 0 aliphatic rings. The van der Waals surface area contributed by atoms with E-state index in [4.69, 9.17) is 9.84 Å². The SMILES string of the molecule is Cc1nc(NCCCO)c2c(C)c(C(=O)OC(C)C)sc2n1. The number of nitrogens with one attached hydrogen (secondary N) is 1. The Bertz CT molecular complexity index is 682. The van der Waals surface area contributed by atoms with E-state index in [1.54, 1.807) is 0 Å². The molecule has 0 amide bonds. The van der Waals surface area contributed by atoms with Crippen LogP contribution in [0.3, 0.4) is 0 Å². The van der Waals surface area contributed by atoms with Gasteiger partial charge in [-0.25, -0.2) is 14.8 Å². The molecule has 120 valence electrons. The van der Waals surface area contributed by atoms with Crippen molar-refractivity contribution in [3.05, 3.63) is 16.3 Å². The highest BCUT2D eigenvalue weighted by Gasteiger charge is 2.21. The van der Waals surface area contributed by atoms with Crippen LogP contribution in [0.5, 0.6) is 0 Å². The summed E-state index contributed by atoms with van der Waals surface area (Å²) in [7, 11) is 0. The number of carbonyl (C=O) groups excluding carboxylic acids is 1. The van der Waals surface area contributed by atoms with Crippen LogP contribution in [0.25, 0.3) is 10.2 Å². The quantitative estimate of drug-likeness (QED) is 0.628. The lowest BCUT2D eigenvalue weighted by molar-refractivity contribution is 0.0383. The predicted octanol–water partition coefficient (Wildman–Crippen LogP) is 2.67. The van der Waals surface area contributed by atoms with E-state index >= 15 is 0 Å². The maximum Gasteiger partial charge on any atom is 0.348 e. The summed E-state index contributed by atoms with van der Waals surface area (Å²) in [6, 6.07) is 0. The molecule has 0 aliphatic heterocycles. The molecule has 0 saturated heterocycles. The molecule has 0 aliphatic carbocycles. The Balaban J connectivity index is 2.44. The number of aryl methyl sites for hydroxylation is 2. The molecule has 0 atom stereocenters.